The third-order valence-electron chi connectivity index (χ3n) is 5.52. The van der Waals surface area contributed by atoms with Gasteiger partial charge in [0.2, 0.25) is 5.91 Å². The lowest BCUT2D eigenvalue weighted by Gasteiger charge is -2.16. The van der Waals surface area contributed by atoms with E-state index in [9.17, 15) is 4.79 Å². The van der Waals surface area contributed by atoms with Gasteiger partial charge in [0.1, 0.15) is 12.2 Å². The van der Waals surface area contributed by atoms with Crippen molar-refractivity contribution in [3.63, 3.8) is 0 Å². The SMILES string of the molecule is Cc1[nH]c2c(C)ccc(C)c2c1CC(=O)NC1CCc2nncn2CC1. The van der Waals surface area contributed by atoms with Crippen molar-refractivity contribution in [3.05, 3.63) is 46.7 Å². The molecule has 0 aliphatic carbocycles. The lowest BCUT2D eigenvalue weighted by atomic mass is 10.0. The molecule has 0 saturated heterocycles. The Kier molecular flexibility index (Phi) is 4.26. The number of aryl methyl sites for hydroxylation is 5. The summed E-state index contributed by atoms with van der Waals surface area (Å²) in [4.78, 5) is 16.2. The van der Waals surface area contributed by atoms with Crippen LogP contribution < -0.4 is 5.32 Å². The van der Waals surface area contributed by atoms with E-state index in [0.29, 0.717) is 6.42 Å². The molecule has 2 N–H and O–H groups in total. The fourth-order valence-electron chi connectivity index (χ4n) is 4.02. The summed E-state index contributed by atoms with van der Waals surface area (Å²) in [6, 6.07) is 4.45. The molecule has 6 heteroatoms. The first-order valence-electron chi connectivity index (χ1n) is 9.26. The number of benzene rings is 1. The van der Waals surface area contributed by atoms with Crippen molar-refractivity contribution in [1.82, 2.24) is 25.1 Å². The second-order valence-corrected chi connectivity index (χ2v) is 7.39. The number of aromatic nitrogens is 4. The zero-order valence-corrected chi connectivity index (χ0v) is 15.6. The van der Waals surface area contributed by atoms with E-state index in [-0.39, 0.29) is 11.9 Å². The standard InChI is InChI=1S/C20H25N5O/c1-12-4-5-13(2)20-19(12)16(14(3)22-20)10-18(26)23-15-6-7-17-24-21-11-25(17)9-8-15/h4-5,11,15,22H,6-10H2,1-3H3,(H,23,26). The maximum absolute atomic E-state index is 12.7. The number of nitrogens with one attached hydrogen (secondary N) is 2. The highest BCUT2D eigenvalue weighted by molar-refractivity contribution is 5.93. The second kappa shape index (κ2) is 6.59. The fourth-order valence-corrected chi connectivity index (χ4v) is 4.02. The fraction of sp³-hybridized carbons (Fsp3) is 0.450. The smallest absolute Gasteiger partial charge is 0.224 e. The summed E-state index contributed by atoms with van der Waals surface area (Å²) in [5.41, 5.74) is 5.78. The minimum atomic E-state index is 0.0950. The number of nitrogens with zero attached hydrogens (tertiary/aromatic N) is 3. The maximum Gasteiger partial charge on any atom is 0.224 e. The Balaban J connectivity index is 1.49. The normalized spacial score (nSPS) is 17.1. The molecule has 0 radical (unpaired) electrons. The number of fused-ring (bicyclic) bond motifs is 2. The maximum atomic E-state index is 12.7. The van der Waals surface area contributed by atoms with Crippen molar-refractivity contribution in [3.8, 4) is 0 Å². The number of hydrogen-bond acceptors (Lipinski definition) is 3. The predicted octanol–water partition coefficient (Wildman–Crippen LogP) is 2.75. The number of hydrogen-bond donors (Lipinski definition) is 2. The Morgan fingerprint density at radius 3 is 2.92 bits per heavy atom. The highest BCUT2D eigenvalue weighted by Gasteiger charge is 2.20. The third kappa shape index (κ3) is 3.00. The Bertz CT molecular complexity index is 946. The molecule has 3 aromatic rings. The van der Waals surface area contributed by atoms with Crippen molar-refractivity contribution in [2.45, 2.75) is 59.0 Å². The monoisotopic (exact) mass is 351 g/mol. The number of carbonyl (C=O) groups is 1. The summed E-state index contributed by atoms with van der Waals surface area (Å²) in [5, 5.41) is 12.5. The van der Waals surface area contributed by atoms with E-state index in [4.69, 9.17) is 0 Å². The molecule has 1 aromatic carbocycles. The van der Waals surface area contributed by atoms with E-state index in [1.807, 2.05) is 0 Å². The Morgan fingerprint density at radius 2 is 2.08 bits per heavy atom. The molecule has 0 bridgehead atoms. The minimum Gasteiger partial charge on any atom is -0.358 e. The molecule has 0 saturated carbocycles. The minimum absolute atomic E-state index is 0.0950. The zero-order chi connectivity index (χ0) is 18.3. The number of H-pyrrole nitrogens is 1. The first-order valence-corrected chi connectivity index (χ1v) is 9.26. The molecular weight excluding hydrogens is 326 g/mol. The summed E-state index contributed by atoms with van der Waals surface area (Å²) in [5.74, 6) is 1.11. The van der Waals surface area contributed by atoms with E-state index in [1.54, 1.807) is 6.33 Å². The van der Waals surface area contributed by atoms with Crippen LogP contribution in [0.3, 0.4) is 0 Å². The van der Waals surface area contributed by atoms with E-state index in [2.05, 4.69) is 58.0 Å². The van der Waals surface area contributed by atoms with Crippen LogP contribution in [-0.2, 0) is 24.2 Å². The Hall–Kier alpha value is -2.63. The number of amides is 1. The van der Waals surface area contributed by atoms with Crippen molar-refractivity contribution < 1.29 is 4.79 Å². The van der Waals surface area contributed by atoms with Gasteiger partial charge in [0.15, 0.2) is 0 Å². The summed E-state index contributed by atoms with van der Waals surface area (Å²) >= 11 is 0. The van der Waals surface area contributed by atoms with Crippen LogP contribution in [0.25, 0.3) is 10.9 Å². The molecule has 1 aliphatic heterocycles. The zero-order valence-electron chi connectivity index (χ0n) is 15.6. The van der Waals surface area contributed by atoms with Crippen LogP contribution >= 0.6 is 0 Å². The molecule has 0 spiro atoms. The average Bonchev–Trinajstić information content (AvgIpc) is 3.14. The largest absolute Gasteiger partial charge is 0.358 e. The predicted molar refractivity (Wildman–Crippen MR) is 101 cm³/mol. The second-order valence-electron chi connectivity index (χ2n) is 7.39. The van der Waals surface area contributed by atoms with Crippen molar-refractivity contribution in [1.29, 1.82) is 0 Å². The van der Waals surface area contributed by atoms with Crippen LogP contribution in [0.5, 0.6) is 0 Å². The van der Waals surface area contributed by atoms with Gasteiger partial charge in [-0.1, -0.05) is 12.1 Å². The Labute approximate surface area is 153 Å². The molecule has 1 unspecified atom stereocenters. The van der Waals surface area contributed by atoms with E-state index >= 15 is 0 Å². The van der Waals surface area contributed by atoms with Gasteiger partial charge in [-0.2, -0.15) is 0 Å². The van der Waals surface area contributed by atoms with Gasteiger partial charge in [-0.3, -0.25) is 4.79 Å². The topological polar surface area (TPSA) is 75.6 Å². The average molecular weight is 351 g/mol. The van der Waals surface area contributed by atoms with Gasteiger partial charge < -0.3 is 14.9 Å². The molecule has 4 rings (SSSR count). The lowest BCUT2D eigenvalue weighted by molar-refractivity contribution is -0.121. The lowest BCUT2D eigenvalue weighted by Crippen LogP contribution is -2.36. The van der Waals surface area contributed by atoms with Crippen LogP contribution in [0.1, 0.15) is 41.1 Å². The van der Waals surface area contributed by atoms with Crippen LogP contribution in [0.4, 0.5) is 0 Å². The van der Waals surface area contributed by atoms with E-state index in [1.165, 1.54) is 16.5 Å². The molecule has 2 aromatic heterocycles. The van der Waals surface area contributed by atoms with Crippen LogP contribution in [0.2, 0.25) is 0 Å². The van der Waals surface area contributed by atoms with E-state index in [0.717, 1.165) is 48.4 Å². The molecule has 1 aliphatic rings. The van der Waals surface area contributed by atoms with Crippen molar-refractivity contribution in [2.24, 2.45) is 0 Å². The molecule has 136 valence electrons. The molecule has 6 nitrogen and oxygen atoms in total. The number of carbonyl (C=O) groups excluding carboxylic acids is 1. The molecule has 3 heterocycles. The van der Waals surface area contributed by atoms with Gasteiger partial charge in [0.25, 0.3) is 0 Å². The third-order valence-corrected chi connectivity index (χ3v) is 5.52. The molecule has 26 heavy (non-hydrogen) atoms. The van der Waals surface area contributed by atoms with Crippen molar-refractivity contribution >= 4 is 16.8 Å². The summed E-state index contributed by atoms with van der Waals surface area (Å²) < 4.78 is 2.09. The van der Waals surface area contributed by atoms with Crippen molar-refractivity contribution in [2.75, 3.05) is 0 Å². The molecule has 1 amide bonds. The Morgan fingerprint density at radius 1 is 1.27 bits per heavy atom. The van der Waals surface area contributed by atoms with Gasteiger partial charge in [0.05, 0.1) is 6.42 Å². The molecule has 0 fully saturated rings. The van der Waals surface area contributed by atoms with Crippen LogP contribution in [-0.4, -0.2) is 31.7 Å². The first kappa shape index (κ1) is 16.8. The van der Waals surface area contributed by atoms with Crippen LogP contribution in [0.15, 0.2) is 18.5 Å². The van der Waals surface area contributed by atoms with Gasteiger partial charge in [-0.15, -0.1) is 10.2 Å². The summed E-state index contributed by atoms with van der Waals surface area (Å²) in [7, 11) is 0. The van der Waals surface area contributed by atoms with E-state index < -0.39 is 0 Å². The first-order chi connectivity index (χ1) is 12.5. The number of aromatic amines is 1. The van der Waals surface area contributed by atoms with Gasteiger partial charge in [0, 0.05) is 35.6 Å². The molecule has 1 atom stereocenters. The van der Waals surface area contributed by atoms with Gasteiger partial charge in [-0.25, -0.2) is 0 Å². The van der Waals surface area contributed by atoms with Gasteiger partial charge in [-0.05, 0) is 50.3 Å². The van der Waals surface area contributed by atoms with Gasteiger partial charge >= 0.3 is 0 Å². The molecular formula is C20H25N5O. The highest BCUT2D eigenvalue weighted by Crippen LogP contribution is 2.28. The summed E-state index contributed by atoms with van der Waals surface area (Å²) in [6.07, 6.45) is 4.88. The summed E-state index contributed by atoms with van der Waals surface area (Å²) in [6.45, 7) is 7.12. The van der Waals surface area contributed by atoms with Crippen LogP contribution in [0, 0.1) is 20.8 Å². The number of rotatable bonds is 3. The quantitative estimate of drug-likeness (QED) is 0.762. The highest BCUT2D eigenvalue weighted by atomic mass is 16.1.